The first kappa shape index (κ1) is 18.9. The molecule has 0 atom stereocenters. The number of carbonyl (C=O) groups is 2. The maximum atomic E-state index is 12.9. The number of hydrogen-bond donors (Lipinski definition) is 2. The van der Waals surface area contributed by atoms with Crippen LogP contribution in [0.5, 0.6) is 0 Å². The number of rotatable bonds is 11. The van der Waals surface area contributed by atoms with Gasteiger partial charge in [-0.1, -0.05) is 40.0 Å². The zero-order chi connectivity index (χ0) is 15.6. The Morgan fingerprint density at radius 1 is 1.05 bits per heavy atom. The van der Waals surface area contributed by atoms with Crippen molar-refractivity contribution >= 4 is 11.8 Å². The molecule has 0 rings (SSSR count). The first-order chi connectivity index (χ1) is 9.47. The van der Waals surface area contributed by atoms with Crippen LogP contribution in [0.15, 0.2) is 0 Å². The third-order valence-corrected chi connectivity index (χ3v) is 3.72. The Hall–Kier alpha value is -1.10. The SMILES string of the molecule is CCCCN(CC(N)=O)C(=O)C(CN)(CCC)CCC. The number of unbranched alkanes of at least 4 members (excludes halogenated alkanes) is 1. The normalized spacial score (nSPS) is 11.4. The number of carbonyl (C=O) groups excluding carboxylic acids is 2. The Morgan fingerprint density at radius 3 is 1.95 bits per heavy atom. The van der Waals surface area contributed by atoms with E-state index in [0.717, 1.165) is 38.5 Å². The highest BCUT2D eigenvalue weighted by Gasteiger charge is 2.38. The van der Waals surface area contributed by atoms with Crippen molar-refractivity contribution in [2.75, 3.05) is 19.6 Å². The second-order valence-corrected chi connectivity index (χ2v) is 5.53. The summed E-state index contributed by atoms with van der Waals surface area (Å²) in [7, 11) is 0. The summed E-state index contributed by atoms with van der Waals surface area (Å²) < 4.78 is 0. The molecule has 5 nitrogen and oxygen atoms in total. The molecule has 0 saturated carbocycles. The number of hydrogen-bond acceptors (Lipinski definition) is 3. The van der Waals surface area contributed by atoms with Gasteiger partial charge in [0.25, 0.3) is 0 Å². The fraction of sp³-hybridized carbons (Fsp3) is 0.867. The van der Waals surface area contributed by atoms with Gasteiger partial charge in [0.1, 0.15) is 0 Å². The highest BCUT2D eigenvalue weighted by Crippen LogP contribution is 2.31. The number of nitrogens with two attached hydrogens (primary N) is 2. The summed E-state index contributed by atoms with van der Waals surface area (Å²) in [6.45, 7) is 7.06. The highest BCUT2D eigenvalue weighted by atomic mass is 16.2. The van der Waals surface area contributed by atoms with Crippen LogP contribution in [-0.2, 0) is 9.59 Å². The summed E-state index contributed by atoms with van der Waals surface area (Å²) in [6, 6.07) is 0. The zero-order valence-corrected chi connectivity index (χ0v) is 13.3. The summed E-state index contributed by atoms with van der Waals surface area (Å²) in [5.41, 5.74) is 10.7. The van der Waals surface area contributed by atoms with Crippen molar-refractivity contribution in [3.05, 3.63) is 0 Å². The summed E-state index contributed by atoms with van der Waals surface area (Å²) in [5, 5.41) is 0. The van der Waals surface area contributed by atoms with E-state index in [1.54, 1.807) is 4.90 Å². The topological polar surface area (TPSA) is 89.4 Å². The molecule has 0 unspecified atom stereocenters. The van der Waals surface area contributed by atoms with Crippen LogP contribution in [0.1, 0.15) is 59.3 Å². The molecule has 118 valence electrons. The van der Waals surface area contributed by atoms with Crippen LogP contribution in [0.25, 0.3) is 0 Å². The van der Waals surface area contributed by atoms with E-state index < -0.39 is 11.3 Å². The largest absolute Gasteiger partial charge is 0.368 e. The zero-order valence-electron chi connectivity index (χ0n) is 13.3. The van der Waals surface area contributed by atoms with E-state index in [-0.39, 0.29) is 12.5 Å². The monoisotopic (exact) mass is 285 g/mol. The predicted molar refractivity (Wildman–Crippen MR) is 82.0 cm³/mol. The van der Waals surface area contributed by atoms with Crippen LogP contribution >= 0.6 is 0 Å². The molecule has 4 N–H and O–H groups in total. The average Bonchev–Trinajstić information content (AvgIpc) is 2.41. The summed E-state index contributed by atoms with van der Waals surface area (Å²) in [5.74, 6) is -0.468. The quantitative estimate of drug-likeness (QED) is 0.605. The molecule has 0 aliphatic heterocycles. The molecule has 0 aromatic rings. The minimum absolute atomic E-state index is 0.00375. The minimum atomic E-state index is -0.535. The van der Waals surface area contributed by atoms with Gasteiger partial charge in [0.2, 0.25) is 11.8 Å². The maximum Gasteiger partial charge on any atom is 0.237 e. The van der Waals surface area contributed by atoms with Crippen molar-refractivity contribution in [2.24, 2.45) is 16.9 Å². The fourth-order valence-electron chi connectivity index (χ4n) is 2.71. The molecule has 2 amide bonds. The van der Waals surface area contributed by atoms with Crippen LogP contribution in [0.3, 0.4) is 0 Å². The maximum absolute atomic E-state index is 12.9. The van der Waals surface area contributed by atoms with Gasteiger partial charge in [-0.05, 0) is 19.3 Å². The van der Waals surface area contributed by atoms with E-state index in [9.17, 15) is 9.59 Å². The van der Waals surface area contributed by atoms with Crippen LogP contribution in [0, 0.1) is 5.41 Å². The standard InChI is InChI=1S/C15H31N3O2/c1-4-7-10-18(11-13(17)19)14(20)15(12-16,8-5-2)9-6-3/h4-12,16H2,1-3H3,(H2,17,19). The fourth-order valence-corrected chi connectivity index (χ4v) is 2.71. The lowest BCUT2D eigenvalue weighted by atomic mass is 9.77. The summed E-state index contributed by atoms with van der Waals surface area (Å²) in [4.78, 5) is 25.7. The van der Waals surface area contributed by atoms with Crippen molar-refractivity contribution < 1.29 is 9.59 Å². The molecule has 0 heterocycles. The van der Waals surface area contributed by atoms with Gasteiger partial charge in [-0.2, -0.15) is 0 Å². The van der Waals surface area contributed by atoms with Gasteiger partial charge in [0, 0.05) is 13.1 Å². The second-order valence-electron chi connectivity index (χ2n) is 5.53. The molecule has 0 aromatic heterocycles. The molecule has 0 aliphatic carbocycles. The van der Waals surface area contributed by atoms with Gasteiger partial charge >= 0.3 is 0 Å². The lowest BCUT2D eigenvalue weighted by Crippen LogP contribution is -2.50. The third-order valence-electron chi connectivity index (χ3n) is 3.72. The molecular formula is C15H31N3O2. The molecule has 0 fully saturated rings. The van der Waals surface area contributed by atoms with Crippen LogP contribution < -0.4 is 11.5 Å². The van der Waals surface area contributed by atoms with E-state index in [0.29, 0.717) is 13.1 Å². The van der Waals surface area contributed by atoms with Crippen LogP contribution in [0.2, 0.25) is 0 Å². The number of nitrogens with zero attached hydrogens (tertiary/aromatic N) is 1. The lowest BCUT2D eigenvalue weighted by Gasteiger charge is -2.36. The van der Waals surface area contributed by atoms with Gasteiger partial charge in [-0.3, -0.25) is 9.59 Å². The van der Waals surface area contributed by atoms with E-state index in [4.69, 9.17) is 11.5 Å². The van der Waals surface area contributed by atoms with Gasteiger partial charge in [0.05, 0.1) is 12.0 Å². The van der Waals surface area contributed by atoms with E-state index >= 15 is 0 Å². The second kappa shape index (κ2) is 9.75. The Labute approximate surface area is 123 Å². The molecule has 5 heteroatoms. The average molecular weight is 285 g/mol. The van der Waals surface area contributed by atoms with Crippen molar-refractivity contribution in [2.45, 2.75) is 59.3 Å². The smallest absolute Gasteiger partial charge is 0.237 e. The van der Waals surface area contributed by atoms with Gasteiger partial charge in [0.15, 0.2) is 0 Å². The van der Waals surface area contributed by atoms with E-state index in [1.807, 2.05) is 0 Å². The van der Waals surface area contributed by atoms with Crippen LogP contribution in [0.4, 0.5) is 0 Å². The Morgan fingerprint density at radius 2 is 1.60 bits per heavy atom. The summed E-state index contributed by atoms with van der Waals surface area (Å²) in [6.07, 6.45) is 5.18. The first-order valence-corrected chi connectivity index (χ1v) is 7.75. The molecular weight excluding hydrogens is 254 g/mol. The molecule has 0 radical (unpaired) electrons. The molecule has 20 heavy (non-hydrogen) atoms. The Bertz CT molecular complexity index is 299. The van der Waals surface area contributed by atoms with E-state index in [1.165, 1.54) is 0 Å². The van der Waals surface area contributed by atoms with Crippen molar-refractivity contribution in [3.8, 4) is 0 Å². The molecule has 0 aromatic carbocycles. The third kappa shape index (κ3) is 5.49. The number of primary amides is 1. The van der Waals surface area contributed by atoms with E-state index in [2.05, 4.69) is 20.8 Å². The van der Waals surface area contributed by atoms with Gasteiger partial charge < -0.3 is 16.4 Å². The van der Waals surface area contributed by atoms with Crippen molar-refractivity contribution in [3.63, 3.8) is 0 Å². The van der Waals surface area contributed by atoms with Gasteiger partial charge in [-0.15, -0.1) is 0 Å². The van der Waals surface area contributed by atoms with Gasteiger partial charge in [-0.25, -0.2) is 0 Å². The molecule has 0 aliphatic rings. The highest BCUT2D eigenvalue weighted by molar-refractivity contribution is 5.87. The minimum Gasteiger partial charge on any atom is -0.368 e. The van der Waals surface area contributed by atoms with Crippen molar-refractivity contribution in [1.82, 2.24) is 4.90 Å². The predicted octanol–water partition coefficient (Wildman–Crippen LogP) is 1.65. The Kier molecular flexibility index (Phi) is 9.21. The van der Waals surface area contributed by atoms with Crippen LogP contribution in [-0.4, -0.2) is 36.3 Å². The molecule has 0 saturated heterocycles. The van der Waals surface area contributed by atoms with Crippen molar-refractivity contribution in [1.29, 1.82) is 0 Å². The lowest BCUT2D eigenvalue weighted by molar-refractivity contribution is -0.145. The number of amides is 2. The first-order valence-electron chi connectivity index (χ1n) is 7.75. The summed E-state index contributed by atoms with van der Waals surface area (Å²) >= 11 is 0. The Balaban J connectivity index is 5.14. The molecule has 0 spiro atoms. The molecule has 0 bridgehead atoms.